The van der Waals surface area contributed by atoms with Crippen molar-refractivity contribution in [1.82, 2.24) is 9.47 Å². The molecular weight excluding hydrogens is 252 g/mol. The van der Waals surface area contributed by atoms with Gasteiger partial charge < -0.3 is 14.4 Å². The molecule has 4 nitrogen and oxygen atoms in total. The Balaban J connectivity index is 1.81. The molecule has 4 heteroatoms. The van der Waals surface area contributed by atoms with Gasteiger partial charge in [-0.15, -0.1) is 0 Å². The van der Waals surface area contributed by atoms with Crippen LogP contribution in [0, 0.1) is 0 Å². The van der Waals surface area contributed by atoms with Gasteiger partial charge in [-0.25, -0.2) is 0 Å². The highest BCUT2D eigenvalue weighted by Crippen LogP contribution is 2.21. The molecule has 1 unspecified atom stereocenters. The standard InChI is InChI=1S/C16H22N2O2/c1-2-17-8-9-20-14(10-17)11-18-7-6-15-13(12-19)4-3-5-16(15)18/h3-7,14,19H,2,8-12H2,1H3. The summed E-state index contributed by atoms with van der Waals surface area (Å²) in [6.07, 6.45) is 2.34. The van der Waals surface area contributed by atoms with Crippen LogP contribution < -0.4 is 0 Å². The molecule has 2 heterocycles. The van der Waals surface area contributed by atoms with Gasteiger partial charge in [0.25, 0.3) is 0 Å². The van der Waals surface area contributed by atoms with Gasteiger partial charge in [0.1, 0.15) is 0 Å². The number of morpholine rings is 1. The molecule has 1 N–H and O–H groups in total. The van der Waals surface area contributed by atoms with Gasteiger partial charge in [-0.05, 0) is 24.2 Å². The van der Waals surface area contributed by atoms with Crippen molar-refractivity contribution in [3.8, 4) is 0 Å². The van der Waals surface area contributed by atoms with Crippen molar-refractivity contribution in [2.24, 2.45) is 0 Å². The molecule has 1 aromatic carbocycles. The first kappa shape index (κ1) is 13.6. The number of benzene rings is 1. The summed E-state index contributed by atoms with van der Waals surface area (Å²) in [4.78, 5) is 2.43. The molecule has 2 aromatic rings. The van der Waals surface area contributed by atoms with Crippen LogP contribution in [0.3, 0.4) is 0 Å². The molecule has 1 aromatic heterocycles. The van der Waals surface area contributed by atoms with Gasteiger partial charge >= 0.3 is 0 Å². The molecule has 1 fully saturated rings. The zero-order valence-electron chi connectivity index (χ0n) is 12.0. The lowest BCUT2D eigenvalue weighted by atomic mass is 10.1. The normalized spacial score (nSPS) is 20.6. The molecule has 0 bridgehead atoms. The molecule has 1 aliphatic heterocycles. The molecule has 0 spiro atoms. The summed E-state index contributed by atoms with van der Waals surface area (Å²) in [5.41, 5.74) is 2.16. The number of aromatic nitrogens is 1. The number of ether oxygens (including phenoxy) is 1. The molecule has 0 aliphatic carbocycles. The number of fused-ring (bicyclic) bond motifs is 1. The van der Waals surface area contributed by atoms with Crippen LogP contribution in [0.5, 0.6) is 0 Å². The highest BCUT2D eigenvalue weighted by molar-refractivity contribution is 5.83. The van der Waals surface area contributed by atoms with Gasteiger partial charge in [-0.1, -0.05) is 19.1 Å². The van der Waals surface area contributed by atoms with E-state index in [0.29, 0.717) is 0 Å². The first-order chi connectivity index (χ1) is 9.81. The maximum atomic E-state index is 9.39. The van der Waals surface area contributed by atoms with Crippen LogP contribution >= 0.6 is 0 Å². The Morgan fingerprint density at radius 1 is 1.35 bits per heavy atom. The van der Waals surface area contributed by atoms with Crippen LogP contribution in [0.4, 0.5) is 0 Å². The highest BCUT2D eigenvalue weighted by atomic mass is 16.5. The Kier molecular flexibility index (Phi) is 4.05. The molecule has 0 saturated carbocycles. The zero-order valence-corrected chi connectivity index (χ0v) is 12.0. The summed E-state index contributed by atoms with van der Waals surface area (Å²) in [6.45, 7) is 7.09. The number of hydrogen-bond donors (Lipinski definition) is 1. The quantitative estimate of drug-likeness (QED) is 0.924. The number of hydrogen-bond acceptors (Lipinski definition) is 3. The maximum Gasteiger partial charge on any atom is 0.0881 e. The predicted octanol–water partition coefficient (Wildman–Crippen LogP) is 1.85. The SMILES string of the molecule is CCN1CCOC(Cn2ccc3c(CO)cccc32)C1. The van der Waals surface area contributed by atoms with Gasteiger partial charge in [-0.3, -0.25) is 4.90 Å². The number of nitrogens with zero attached hydrogens (tertiary/aromatic N) is 2. The topological polar surface area (TPSA) is 37.6 Å². The zero-order chi connectivity index (χ0) is 13.9. The number of aliphatic hydroxyl groups excluding tert-OH is 1. The largest absolute Gasteiger partial charge is 0.392 e. The van der Waals surface area contributed by atoms with Crippen LogP contribution in [0.2, 0.25) is 0 Å². The van der Waals surface area contributed by atoms with E-state index >= 15 is 0 Å². The van der Waals surface area contributed by atoms with Crippen molar-refractivity contribution >= 4 is 10.9 Å². The molecule has 1 atom stereocenters. The van der Waals surface area contributed by atoms with E-state index in [1.807, 2.05) is 12.1 Å². The average Bonchev–Trinajstić information content (AvgIpc) is 2.90. The molecule has 20 heavy (non-hydrogen) atoms. The van der Waals surface area contributed by atoms with E-state index in [0.717, 1.165) is 43.7 Å². The lowest BCUT2D eigenvalue weighted by molar-refractivity contribution is -0.0337. The van der Waals surface area contributed by atoms with E-state index in [1.54, 1.807) is 0 Å². The summed E-state index contributed by atoms with van der Waals surface area (Å²) in [6, 6.07) is 8.17. The Bertz CT molecular complexity index is 579. The van der Waals surface area contributed by atoms with E-state index in [9.17, 15) is 5.11 Å². The van der Waals surface area contributed by atoms with Gasteiger partial charge in [0.2, 0.25) is 0 Å². The summed E-state index contributed by atoms with van der Waals surface area (Å²) >= 11 is 0. The van der Waals surface area contributed by atoms with Crippen LogP contribution in [0.25, 0.3) is 10.9 Å². The first-order valence-corrected chi connectivity index (χ1v) is 7.33. The average molecular weight is 274 g/mol. The molecule has 108 valence electrons. The van der Waals surface area contributed by atoms with Crippen molar-refractivity contribution in [2.45, 2.75) is 26.2 Å². The Morgan fingerprint density at radius 2 is 2.25 bits per heavy atom. The second-order valence-electron chi connectivity index (χ2n) is 5.36. The fraction of sp³-hybridized carbons (Fsp3) is 0.500. The van der Waals surface area contributed by atoms with Crippen LogP contribution in [-0.2, 0) is 17.9 Å². The third-order valence-electron chi connectivity index (χ3n) is 4.14. The fourth-order valence-electron chi connectivity index (χ4n) is 2.98. The van der Waals surface area contributed by atoms with Crippen LogP contribution in [-0.4, -0.2) is 46.9 Å². The molecule has 1 saturated heterocycles. The highest BCUT2D eigenvalue weighted by Gasteiger charge is 2.20. The third-order valence-corrected chi connectivity index (χ3v) is 4.14. The third kappa shape index (κ3) is 2.59. The van der Waals surface area contributed by atoms with Gasteiger partial charge in [0.05, 0.1) is 25.9 Å². The van der Waals surface area contributed by atoms with E-state index in [4.69, 9.17) is 4.74 Å². The number of rotatable bonds is 4. The molecule has 3 rings (SSSR count). The smallest absolute Gasteiger partial charge is 0.0881 e. The monoisotopic (exact) mass is 274 g/mol. The van der Waals surface area contributed by atoms with Crippen LogP contribution in [0.15, 0.2) is 30.5 Å². The van der Waals surface area contributed by atoms with E-state index < -0.39 is 0 Å². The molecule has 0 radical (unpaired) electrons. The van der Waals surface area contributed by atoms with Crippen LogP contribution in [0.1, 0.15) is 12.5 Å². The van der Waals surface area contributed by atoms with Crippen molar-refractivity contribution < 1.29 is 9.84 Å². The van der Waals surface area contributed by atoms with E-state index in [2.05, 4.69) is 34.7 Å². The van der Waals surface area contributed by atoms with Gasteiger partial charge in [0, 0.05) is 30.2 Å². The number of likely N-dealkylation sites (N-methyl/N-ethyl adjacent to an activating group) is 1. The fourth-order valence-corrected chi connectivity index (χ4v) is 2.98. The van der Waals surface area contributed by atoms with E-state index in [-0.39, 0.29) is 12.7 Å². The molecule has 1 aliphatic rings. The first-order valence-electron chi connectivity index (χ1n) is 7.33. The van der Waals surface area contributed by atoms with Gasteiger partial charge in [-0.2, -0.15) is 0 Å². The Hall–Kier alpha value is -1.36. The summed E-state index contributed by atoms with van der Waals surface area (Å²) < 4.78 is 8.11. The minimum Gasteiger partial charge on any atom is -0.392 e. The van der Waals surface area contributed by atoms with Crippen molar-refractivity contribution in [1.29, 1.82) is 0 Å². The summed E-state index contributed by atoms with van der Waals surface area (Å²) in [7, 11) is 0. The second kappa shape index (κ2) is 5.95. The van der Waals surface area contributed by atoms with Crippen molar-refractivity contribution in [2.75, 3.05) is 26.2 Å². The minimum atomic E-state index is 0.0882. The lowest BCUT2D eigenvalue weighted by Crippen LogP contribution is -2.43. The van der Waals surface area contributed by atoms with E-state index in [1.165, 1.54) is 5.52 Å². The molecular formula is C16H22N2O2. The summed E-state index contributed by atoms with van der Waals surface area (Å²) in [5, 5.41) is 10.5. The van der Waals surface area contributed by atoms with Crippen molar-refractivity contribution in [3.05, 3.63) is 36.0 Å². The summed E-state index contributed by atoms with van der Waals surface area (Å²) in [5.74, 6) is 0. The lowest BCUT2D eigenvalue weighted by Gasteiger charge is -2.32. The number of aliphatic hydroxyl groups is 1. The second-order valence-corrected chi connectivity index (χ2v) is 5.36. The predicted molar refractivity (Wildman–Crippen MR) is 79.7 cm³/mol. The minimum absolute atomic E-state index is 0.0882. The Labute approximate surface area is 119 Å². The maximum absolute atomic E-state index is 9.39. The van der Waals surface area contributed by atoms with Gasteiger partial charge in [0.15, 0.2) is 0 Å². The Morgan fingerprint density at radius 3 is 3.05 bits per heavy atom. The molecule has 0 amide bonds. The van der Waals surface area contributed by atoms with Crippen molar-refractivity contribution in [3.63, 3.8) is 0 Å².